The van der Waals surface area contributed by atoms with E-state index in [1.54, 1.807) is 6.07 Å². The number of nitrogen functional groups attached to an aromatic ring is 1. The third-order valence-corrected chi connectivity index (χ3v) is 5.77. The first-order valence-electron chi connectivity index (χ1n) is 10.2. The molecule has 0 saturated carbocycles. The molecule has 0 fully saturated rings. The first-order chi connectivity index (χ1) is 16.3. The molecule has 0 bridgehead atoms. The first kappa shape index (κ1) is 23.1. The van der Waals surface area contributed by atoms with E-state index in [2.05, 4.69) is 25.4 Å². The molecule has 2 heterocycles. The maximum absolute atomic E-state index is 11.4. The Bertz CT molecular complexity index is 1360. The molecule has 176 valence electrons. The standard InChI is InChI=1S/C21H23N9O3S/c22-20-27-21(26-16-6-8-17(9-7-16)34(23,32)33)28-30(20)19-12-18(24-14-25-19)29(10-11-31)13-15-4-2-1-3-5-15/h1-9,12,14,31H,10-11,13H2,(H2,23,32,33)(H3,22,26,27,28). The van der Waals surface area contributed by atoms with Gasteiger partial charge in [-0.15, -0.1) is 5.10 Å². The van der Waals surface area contributed by atoms with Gasteiger partial charge in [0.05, 0.1) is 11.5 Å². The SMILES string of the molecule is Nc1nc(Nc2ccc(S(N)(=O)=O)cc2)nn1-c1cc(N(CCO)Cc2ccccc2)ncn1. The van der Waals surface area contributed by atoms with Crippen LogP contribution in [0.4, 0.5) is 23.4 Å². The second kappa shape index (κ2) is 9.82. The number of hydrogen-bond donors (Lipinski definition) is 4. The van der Waals surface area contributed by atoms with Crippen molar-refractivity contribution in [2.75, 3.05) is 29.1 Å². The molecule has 0 saturated heterocycles. The minimum atomic E-state index is -3.78. The smallest absolute Gasteiger partial charge is 0.248 e. The number of nitrogens with two attached hydrogens (primary N) is 2. The first-order valence-corrected chi connectivity index (χ1v) is 11.7. The molecular weight excluding hydrogens is 458 g/mol. The molecule has 2 aromatic heterocycles. The predicted molar refractivity (Wildman–Crippen MR) is 127 cm³/mol. The maximum Gasteiger partial charge on any atom is 0.248 e. The van der Waals surface area contributed by atoms with Gasteiger partial charge in [0.25, 0.3) is 0 Å². The lowest BCUT2D eigenvalue weighted by molar-refractivity contribution is 0.301. The molecule has 4 aromatic rings. The van der Waals surface area contributed by atoms with Crippen molar-refractivity contribution in [3.05, 3.63) is 72.6 Å². The number of benzene rings is 2. The largest absolute Gasteiger partial charge is 0.395 e. The Labute approximate surface area is 196 Å². The molecule has 4 rings (SSSR count). The zero-order chi connectivity index (χ0) is 24.1. The quantitative estimate of drug-likeness (QED) is 0.270. The molecule has 0 radical (unpaired) electrons. The maximum atomic E-state index is 11.4. The second-order valence-electron chi connectivity index (χ2n) is 7.26. The van der Waals surface area contributed by atoms with Crippen LogP contribution in [0.15, 0.2) is 71.9 Å². The van der Waals surface area contributed by atoms with Crippen LogP contribution in [0.3, 0.4) is 0 Å². The highest BCUT2D eigenvalue weighted by Crippen LogP contribution is 2.21. The van der Waals surface area contributed by atoms with Gasteiger partial charge in [-0.25, -0.2) is 23.5 Å². The molecule has 2 aromatic carbocycles. The fourth-order valence-electron chi connectivity index (χ4n) is 3.23. The van der Waals surface area contributed by atoms with Crippen molar-refractivity contribution in [2.45, 2.75) is 11.4 Å². The van der Waals surface area contributed by atoms with Crippen LogP contribution in [-0.2, 0) is 16.6 Å². The summed E-state index contributed by atoms with van der Waals surface area (Å²) < 4.78 is 24.2. The molecule has 0 amide bonds. The van der Waals surface area contributed by atoms with Crippen LogP contribution in [0.1, 0.15) is 5.56 Å². The van der Waals surface area contributed by atoms with Crippen molar-refractivity contribution < 1.29 is 13.5 Å². The summed E-state index contributed by atoms with van der Waals surface area (Å²) in [6, 6.07) is 17.4. The van der Waals surface area contributed by atoms with Crippen molar-refractivity contribution >= 4 is 33.4 Å². The zero-order valence-electron chi connectivity index (χ0n) is 18.0. The average molecular weight is 482 g/mol. The van der Waals surface area contributed by atoms with Crippen LogP contribution in [-0.4, -0.2) is 51.4 Å². The Morgan fingerprint density at radius 1 is 1.06 bits per heavy atom. The van der Waals surface area contributed by atoms with Crippen molar-refractivity contribution in [2.24, 2.45) is 5.14 Å². The van der Waals surface area contributed by atoms with E-state index in [4.69, 9.17) is 10.9 Å². The fourth-order valence-corrected chi connectivity index (χ4v) is 3.74. The topological polar surface area (TPSA) is 178 Å². The highest BCUT2D eigenvalue weighted by Gasteiger charge is 2.15. The van der Waals surface area contributed by atoms with Gasteiger partial charge in [-0.3, -0.25) is 0 Å². The average Bonchev–Trinajstić information content (AvgIpc) is 3.19. The summed E-state index contributed by atoms with van der Waals surface area (Å²) in [4.78, 5) is 14.7. The van der Waals surface area contributed by atoms with Crippen molar-refractivity contribution in [3.63, 3.8) is 0 Å². The summed E-state index contributed by atoms with van der Waals surface area (Å²) in [6.45, 7) is 0.876. The van der Waals surface area contributed by atoms with Gasteiger partial charge in [-0.05, 0) is 29.8 Å². The number of rotatable bonds is 9. The molecule has 13 heteroatoms. The second-order valence-corrected chi connectivity index (χ2v) is 8.83. The molecular formula is C21H23N9O3S. The Kier molecular flexibility index (Phi) is 6.67. The predicted octanol–water partition coefficient (Wildman–Crippen LogP) is 1.03. The van der Waals surface area contributed by atoms with E-state index in [9.17, 15) is 13.5 Å². The molecule has 0 aliphatic heterocycles. The van der Waals surface area contributed by atoms with E-state index >= 15 is 0 Å². The Morgan fingerprint density at radius 2 is 1.79 bits per heavy atom. The highest BCUT2D eigenvalue weighted by molar-refractivity contribution is 7.89. The third-order valence-electron chi connectivity index (χ3n) is 4.84. The lowest BCUT2D eigenvalue weighted by atomic mass is 10.2. The Balaban J connectivity index is 1.56. The summed E-state index contributed by atoms with van der Waals surface area (Å²) in [5.74, 6) is 1.26. The van der Waals surface area contributed by atoms with Crippen LogP contribution in [0.5, 0.6) is 0 Å². The molecule has 0 aliphatic rings. The third kappa shape index (κ3) is 5.46. The van der Waals surface area contributed by atoms with Crippen LogP contribution < -0.4 is 21.1 Å². The van der Waals surface area contributed by atoms with Gasteiger partial charge in [0, 0.05) is 24.8 Å². The normalized spacial score (nSPS) is 11.4. The van der Waals surface area contributed by atoms with Gasteiger partial charge < -0.3 is 21.1 Å². The van der Waals surface area contributed by atoms with Gasteiger partial charge in [-0.1, -0.05) is 30.3 Å². The summed E-state index contributed by atoms with van der Waals surface area (Å²) in [6.07, 6.45) is 1.39. The van der Waals surface area contributed by atoms with E-state index in [1.807, 2.05) is 35.2 Å². The lowest BCUT2D eigenvalue weighted by Gasteiger charge is -2.23. The number of hydrogen-bond acceptors (Lipinski definition) is 10. The van der Waals surface area contributed by atoms with Gasteiger partial charge in [0.15, 0.2) is 5.82 Å². The number of nitrogens with one attached hydrogen (secondary N) is 1. The van der Waals surface area contributed by atoms with E-state index in [-0.39, 0.29) is 23.4 Å². The number of aromatic nitrogens is 5. The molecule has 6 N–H and O–H groups in total. The lowest BCUT2D eigenvalue weighted by Crippen LogP contribution is -2.27. The minimum Gasteiger partial charge on any atom is -0.395 e. The van der Waals surface area contributed by atoms with Gasteiger partial charge in [0.2, 0.25) is 21.9 Å². The van der Waals surface area contributed by atoms with Crippen LogP contribution in [0.2, 0.25) is 0 Å². The summed E-state index contributed by atoms with van der Waals surface area (Å²) >= 11 is 0. The number of sulfonamides is 1. The summed E-state index contributed by atoms with van der Waals surface area (Å²) in [5, 5.41) is 22.0. The van der Waals surface area contributed by atoms with Crippen molar-refractivity contribution in [1.82, 2.24) is 24.7 Å². The molecule has 34 heavy (non-hydrogen) atoms. The number of aliphatic hydroxyl groups is 1. The summed E-state index contributed by atoms with van der Waals surface area (Å²) in [5.41, 5.74) is 7.67. The van der Waals surface area contributed by atoms with Gasteiger partial charge >= 0.3 is 0 Å². The highest BCUT2D eigenvalue weighted by atomic mass is 32.2. The van der Waals surface area contributed by atoms with E-state index in [1.165, 1.54) is 35.3 Å². The Hall–Kier alpha value is -4.07. The molecule has 0 aliphatic carbocycles. The minimum absolute atomic E-state index is 0.00694. The summed E-state index contributed by atoms with van der Waals surface area (Å²) in [7, 11) is -3.78. The van der Waals surface area contributed by atoms with E-state index in [0.717, 1.165) is 5.56 Å². The number of primary sulfonamides is 1. The van der Waals surface area contributed by atoms with Crippen molar-refractivity contribution in [3.8, 4) is 5.82 Å². The van der Waals surface area contributed by atoms with E-state index < -0.39 is 10.0 Å². The number of aliphatic hydroxyl groups excluding tert-OH is 1. The molecule has 0 unspecified atom stereocenters. The van der Waals surface area contributed by atoms with Crippen LogP contribution in [0, 0.1) is 0 Å². The molecule has 0 spiro atoms. The molecule has 12 nitrogen and oxygen atoms in total. The van der Waals surface area contributed by atoms with Crippen LogP contribution in [0.25, 0.3) is 5.82 Å². The fraction of sp³-hybridized carbons (Fsp3) is 0.143. The van der Waals surface area contributed by atoms with Gasteiger partial charge in [0.1, 0.15) is 12.1 Å². The van der Waals surface area contributed by atoms with E-state index in [0.29, 0.717) is 30.4 Å². The van der Waals surface area contributed by atoms with Crippen molar-refractivity contribution in [1.29, 1.82) is 0 Å². The molecule has 0 atom stereocenters. The van der Waals surface area contributed by atoms with Crippen LogP contribution >= 0.6 is 0 Å². The Morgan fingerprint density at radius 3 is 2.47 bits per heavy atom. The zero-order valence-corrected chi connectivity index (χ0v) is 18.8. The monoisotopic (exact) mass is 481 g/mol. The van der Waals surface area contributed by atoms with Gasteiger partial charge in [-0.2, -0.15) is 9.67 Å². The number of nitrogens with zero attached hydrogens (tertiary/aromatic N) is 6. The number of anilines is 4.